The van der Waals surface area contributed by atoms with Crippen molar-refractivity contribution >= 4 is 28.1 Å². The highest BCUT2D eigenvalue weighted by atomic mass is 16.5. The molecule has 1 N–H and O–H groups in total. The molecule has 3 aromatic heterocycles. The number of nitrogens with zero attached hydrogens (tertiary/aromatic N) is 4. The van der Waals surface area contributed by atoms with E-state index in [9.17, 15) is 0 Å². The van der Waals surface area contributed by atoms with Crippen LogP contribution < -0.4 is 10.1 Å². The molecule has 0 radical (unpaired) electrons. The number of rotatable bonds is 5. The average Bonchev–Trinajstić information content (AvgIpc) is 3.16. The number of hydrogen-bond acceptors (Lipinski definition) is 5. The van der Waals surface area contributed by atoms with E-state index in [1.807, 2.05) is 59.4 Å². The summed E-state index contributed by atoms with van der Waals surface area (Å²) < 4.78 is 7.17. The number of anilines is 2. The van der Waals surface area contributed by atoms with Crippen molar-refractivity contribution in [3.8, 4) is 5.75 Å². The molecule has 5 rings (SSSR count). The molecule has 0 fully saturated rings. The van der Waals surface area contributed by atoms with Gasteiger partial charge in [-0.05, 0) is 48.0 Å². The zero-order valence-corrected chi connectivity index (χ0v) is 15.9. The quantitative estimate of drug-likeness (QED) is 0.481. The van der Waals surface area contributed by atoms with E-state index < -0.39 is 0 Å². The second-order valence-corrected chi connectivity index (χ2v) is 6.80. The van der Waals surface area contributed by atoms with Crippen LogP contribution in [0.2, 0.25) is 0 Å². The molecule has 0 unspecified atom stereocenters. The summed E-state index contributed by atoms with van der Waals surface area (Å²) in [6.45, 7) is 0. The first-order chi connectivity index (χ1) is 14.3. The second kappa shape index (κ2) is 7.24. The minimum absolute atomic E-state index is 0.738. The van der Waals surface area contributed by atoms with Crippen molar-refractivity contribution in [2.24, 2.45) is 0 Å². The maximum Gasteiger partial charge on any atom is 0.153 e. The van der Waals surface area contributed by atoms with Crippen molar-refractivity contribution < 1.29 is 4.74 Å². The van der Waals surface area contributed by atoms with Crippen LogP contribution in [0.4, 0.5) is 11.5 Å². The van der Waals surface area contributed by atoms with E-state index in [-0.39, 0.29) is 0 Å². The van der Waals surface area contributed by atoms with Crippen molar-refractivity contribution in [3.05, 3.63) is 90.4 Å². The summed E-state index contributed by atoms with van der Waals surface area (Å²) in [5, 5.41) is 9.19. The fourth-order valence-corrected chi connectivity index (χ4v) is 3.40. The van der Waals surface area contributed by atoms with Gasteiger partial charge in [0, 0.05) is 29.8 Å². The van der Waals surface area contributed by atoms with Gasteiger partial charge in [0.05, 0.1) is 24.5 Å². The Labute approximate surface area is 167 Å². The summed E-state index contributed by atoms with van der Waals surface area (Å²) in [5.41, 5.74) is 4.95. The Bertz CT molecular complexity index is 1310. The second-order valence-electron chi connectivity index (χ2n) is 6.80. The van der Waals surface area contributed by atoms with Crippen LogP contribution in [0.25, 0.3) is 16.6 Å². The molecule has 142 valence electrons. The standard InChI is InChI=1S/C23H19N5O/c1-29-20-6-2-5-18(14-20)26-22-9-10-23-25-15-19(28(23)27-22)13-16-7-8-21-17(12-16)4-3-11-24-21/h2-12,14-15H,13H2,1H3,(H,26,27). The first kappa shape index (κ1) is 17.2. The highest BCUT2D eigenvalue weighted by Crippen LogP contribution is 2.21. The van der Waals surface area contributed by atoms with Gasteiger partial charge in [0.1, 0.15) is 5.75 Å². The maximum absolute atomic E-state index is 5.29. The Kier molecular flexibility index (Phi) is 4.29. The van der Waals surface area contributed by atoms with Crippen LogP contribution in [0.1, 0.15) is 11.3 Å². The molecule has 0 bridgehead atoms. The molecule has 6 heteroatoms. The molecule has 29 heavy (non-hydrogen) atoms. The number of fused-ring (bicyclic) bond motifs is 2. The normalized spacial score (nSPS) is 11.1. The molecular weight excluding hydrogens is 362 g/mol. The Hall–Kier alpha value is -3.93. The van der Waals surface area contributed by atoms with Gasteiger partial charge >= 0.3 is 0 Å². The summed E-state index contributed by atoms with van der Waals surface area (Å²) in [5.74, 6) is 1.54. The highest BCUT2D eigenvalue weighted by molar-refractivity contribution is 5.79. The SMILES string of the molecule is COc1cccc(Nc2ccc3ncc(Cc4ccc5ncccc5c4)n3n2)c1. The maximum atomic E-state index is 5.29. The van der Waals surface area contributed by atoms with Gasteiger partial charge in [-0.15, -0.1) is 5.10 Å². The molecule has 0 saturated heterocycles. The van der Waals surface area contributed by atoms with Gasteiger partial charge in [0.25, 0.3) is 0 Å². The number of benzene rings is 2. The molecule has 2 aromatic carbocycles. The van der Waals surface area contributed by atoms with Crippen LogP contribution in [0.3, 0.4) is 0 Å². The van der Waals surface area contributed by atoms with E-state index in [0.29, 0.717) is 0 Å². The van der Waals surface area contributed by atoms with Crippen LogP contribution in [-0.2, 0) is 6.42 Å². The van der Waals surface area contributed by atoms with Crippen LogP contribution >= 0.6 is 0 Å². The van der Waals surface area contributed by atoms with Crippen molar-refractivity contribution in [1.82, 2.24) is 19.6 Å². The Balaban J connectivity index is 1.45. The first-order valence-electron chi connectivity index (χ1n) is 9.37. The van der Waals surface area contributed by atoms with E-state index >= 15 is 0 Å². The van der Waals surface area contributed by atoms with Gasteiger partial charge < -0.3 is 10.1 Å². The number of imidazole rings is 1. The number of nitrogens with one attached hydrogen (secondary N) is 1. The fourth-order valence-electron chi connectivity index (χ4n) is 3.40. The molecule has 0 aliphatic carbocycles. The van der Waals surface area contributed by atoms with Gasteiger partial charge in [0.2, 0.25) is 0 Å². The largest absolute Gasteiger partial charge is 0.497 e. The van der Waals surface area contributed by atoms with E-state index in [1.165, 1.54) is 5.56 Å². The predicted octanol–water partition coefficient (Wildman–Crippen LogP) is 4.62. The van der Waals surface area contributed by atoms with Crippen LogP contribution in [0.5, 0.6) is 5.75 Å². The van der Waals surface area contributed by atoms with Crippen LogP contribution in [0, 0.1) is 0 Å². The van der Waals surface area contributed by atoms with E-state index in [0.717, 1.165) is 45.9 Å². The molecule has 3 heterocycles. The third-order valence-corrected chi connectivity index (χ3v) is 4.83. The van der Waals surface area contributed by atoms with E-state index in [1.54, 1.807) is 7.11 Å². The monoisotopic (exact) mass is 381 g/mol. The summed E-state index contributed by atoms with van der Waals surface area (Å²) in [7, 11) is 1.66. The lowest BCUT2D eigenvalue weighted by atomic mass is 10.1. The third-order valence-electron chi connectivity index (χ3n) is 4.83. The number of aromatic nitrogens is 4. The molecule has 0 aliphatic heterocycles. The van der Waals surface area contributed by atoms with E-state index in [2.05, 4.69) is 39.6 Å². The first-order valence-corrected chi connectivity index (χ1v) is 9.37. The summed E-state index contributed by atoms with van der Waals surface area (Å²) in [4.78, 5) is 8.88. The molecular formula is C23H19N5O. The summed E-state index contributed by atoms with van der Waals surface area (Å²) in [6.07, 6.45) is 4.43. The lowest BCUT2D eigenvalue weighted by Crippen LogP contribution is -2.02. The topological polar surface area (TPSA) is 64.3 Å². The predicted molar refractivity (Wildman–Crippen MR) is 114 cm³/mol. The Morgan fingerprint density at radius 3 is 2.86 bits per heavy atom. The van der Waals surface area contributed by atoms with Crippen LogP contribution in [0.15, 0.2) is 79.1 Å². The van der Waals surface area contributed by atoms with Gasteiger partial charge in [-0.2, -0.15) is 0 Å². The lowest BCUT2D eigenvalue weighted by molar-refractivity contribution is 0.415. The van der Waals surface area contributed by atoms with Gasteiger partial charge in [-0.3, -0.25) is 4.98 Å². The van der Waals surface area contributed by atoms with Gasteiger partial charge in [-0.1, -0.05) is 18.2 Å². The van der Waals surface area contributed by atoms with Gasteiger partial charge in [-0.25, -0.2) is 9.50 Å². The molecule has 5 aromatic rings. The van der Waals surface area contributed by atoms with E-state index in [4.69, 9.17) is 9.84 Å². The summed E-state index contributed by atoms with van der Waals surface area (Å²) >= 11 is 0. The van der Waals surface area contributed by atoms with Crippen molar-refractivity contribution in [2.75, 3.05) is 12.4 Å². The zero-order valence-electron chi connectivity index (χ0n) is 15.9. The van der Waals surface area contributed by atoms with Crippen molar-refractivity contribution in [1.29, 1.82) is 0 Å². The summed E-state index contributed by atoms with van der Waals surface area (Å²) in [6, 6.07) is 22.0. The van der Waals surface area contributed by atoms with Crippen molar-refractivity contribution in [3.63, 3.8) is 0 Å². The number of methoxy groups -OCH3 is 1. The van der Waals surface area contributed by atoms with Crippen molar-refractivity contribution in [2.45, 2.75) is 6.42 Å². The number of hydrogen-bond donors (Lipinski definition) is 1. The highest BCUT2D eigenvalue weighted by Gasteiger charge is 2.08. The fraction of sp³-hybridized carbons (Fsp3) is 0.0870. The minimum Gasteiger partial charge on any atom is -0.497 e. The zero-order chi connectivity index (χ0) is 19.6. The molecule has 0 aliphatic rings. The third kappa shape index (κ3) is 3.48. The van der Waals surface area contributed by atoms with Crippen LogP contribution in [-0.4, -0.2) is 26.7 Å². The molecule has 0 saturated carbocycles. The smallest absolute Gasteiger partial charge is 0.153 e. The Morgan fingerprint density at radius 2 is 1.93 bits per heavy atom. The lowest BCUT2D eigenvalue weighted by Gasteiger charge is -2.09. The molecule has 0 amide bonds. The minimum atomic E-state index is 0.738. The molecule has 0 atom stereocenters. The number of pyridine rings is 1. The molecule has 6 nitrogen and oxygen atoms in total. The van der Waals surface area contributed by atoms with Gasteiger partial charge in [0.15, 0.2) is 11.5 Å². The molecule has 0 spiro atoms. The Morgan fingerprint density at radius 1 is 0.966 bits per heavy atom. The average molecular weight is 381 g/mol. The number of ether oxygens (including phenoxy) is 1.